The predicted octanol–water partition coefficient (Wildman–Crippen LogP) is 5.34. The summed E-state index contributed by atoms with van der Waals surface area (Å²) in [5.74, 6) is 0. The third-order valence-corrected chi connectivity index (χ3v) is 3.74. The number of hydrogen-bond donors (Lipinski definition) is 0. The molecule has 0 N–H and O–H groups in total. The van der Waals surface area contributed by atoms with Crippen molar-refractivity contribution in [3.8, 4) is 0 Å². The van der Waals surface area contributed by atoms with Crippen LogP contribution < -0.4 is 0 Å². The van der Waals surface area contributed by atoms with Gasteiger partial charge in [0.05, 0.1) is 0 Å². The maximum atomic E-state index is 2.44. The summed E-state index contributed by atoms with van der Waals surface area (Å²) in [7, 11) is 0. The van der Waals surface area contributed by atoms with E-state index in [1.807, 2.05) is 0 Å². The lowest BCUT2D eigenvalue weighted by Crippen LogP contribution is -2.26. The predicted molar refractivity (Wildman–Crippen MR) is 66.6 cm³/mol. The van der Waals surface area contributed by atoms with Crippen molar-refractivity contribution in [1.82, 2.24) is 0 Å². The summed E-state index contributed by atoms with van der Waals surface area (Å²) in [6, 6.07) is 0. The molecule has 2 rings (SSSR count). The normalized spacial score (nSPS) is 24.5. The van der Waals surface area contributed by atoms with Gasteiger partial charge in [0.2, 0.25) is 0 Å². The Morgan fingerprint density at radius 3 is 2.21 bits per heavy atom. The SMILES string of the molecule is C.C.CC1=CCCC2(CCCCC2)C1. The van der Waals surface area contributed by atoms with Gasteiger partial charge < -0.3 is 0 Å². The Hall–Kier alpha value is -0.260. The molecule has 1 saturated carbocycles. The van der Waals surface area contributed by atoms with Gasteiger partial charge in [-0.05, 0) is 44.4 Å². The van der Waals surface area contributed by atoms with Gasteiger partial charge >= 0.3 is 0 Å². The van der Waals surface area contributed by atoms with E-state index < -0.39 is 0 Å². The lowest BCUT2D eigenvalue weighted by molar-refractivity contribution is 0.165. The van der Waals surface area contributed by atoms with Crippen molar-refractivity contribution in [3.05, 3.63) is 11.6 Å². The summed E-state index contributed by atoms with van der Waals surface area (Å²) in [5.41, 5.74) is 2.42. The van der Waals surface area contributed by atoms with E-state index >= 15 is 0 Å². The van der Waals surface area contributed by atoms with Crippen LogP contribution in [0.1, 0.15) is 73.1 Å². The first-order valence-electron chi connectivity index (χ1n) is 5.46. The number of rotatable bonds is 0. The molecule has 2 aliphatic carbocycles. The first-order chi connectivity index (χ1) is 5.81. The minimum absolute atomic E-state index is 0. The summed E-state index contributed by atoms with van der Waals surface area (Å²) in [5, 5.41) is 0. The Bertz CT molecular complexity index is 182. The molecule has 0 radical (unpaired) electrons. The average molecular weight is 196 g/mol. The zero-order chi connectivity index (χ0) is 8.44. The second-order valence-corrected chi connectivity index (χ2v) is 4.83. The maximum absolute atomic E-state index is 2.44. The second-order valence-electron chi connectivity index (χ2n) is 4.83. The van der Waals surface area contributed by atoms with Gasteiger partial charge in [-0.15, -0.1) is 0 Å². The molecule has 14 heavy (non-hydrogen) atoms. The molecule has 2 aliphatic rings. The fourth-order valence-electron chi connectivity index (χ4n) is 3.11. The molecule has 0 aromatic rings. The van der Waals surface area contributed by atoms with Crippen LogP contribution in [-0.4, -0.2) is 0 Å². The highest BCUT2D eigenvalue weighted by molar-refractivity contribution is 5.08. The van der Waals surface area contributed by atoms with Crippen molar-refractivity contribution < 1.29 is 0 Å². The van der Waals surface area contributed by atoms with E-state index in [4.69, 9.17) is 0 Å². The van der Waals surface area contributed by atoms with E-state index in [9.17, 15) is 0 Å². The maximum Gasteiger partial charge on any atom is -0.0257 e. The van der Waals surface area contributed by atoms with Crippen LogP contribution >= 0.6 is 0 Å². The monoisotopic (exact) mass is 196 g/mol. The van der Waals surface area contributed by atoms with Gasteiger partial charge in [-0.25, -0.2) is 0 Å². The first-order valence-corrected chi connectivity index (χ1v) is 5.46. The van der Waals surface area contributed by atoms with Crippen molar-refractivity contribution in [3.63, 3.8) is 0 Å². The molecule has 0 amide bonds. The fourth-order valence-corrected chi connectivity index (χ4v) is 3.11. The topological polar surface area (TPSA) is 0 Å². The van der Waals surface area contributed by atoms with Gasteiger partial charge in [-0.1, -0.05) is 45.8 Å². The minimum atomic E-state index is 0. The molecular formula is C14H28. The lowest BCUT2D eigenvalue weighted by atomic mass is 9.66. The summed E-state index contributed by atoms with van der Waals surface area (Å²) >= 11 is 0. The van der Waals surface area contributed by atoms with Crippen LogP contribution in [0.15, 0.2) is 11.6 Å². The van der Waals surface area contributed by atoms with Crippen molar-refractivity contribution >= 4 is 0 Å². The molecular weight excluding hydrogens is 168 g/mol. The Morgan fingerprint density at radius 2 is 1.64 bits per heavy atom. The average Bonchev–Trinajstić information content (AvgIpc) is 2.05. The molecule has 0 heterocycles. The molecule has 0 heteroatoms. The van der Waals surface area contributed by atoms with Crippen LogP contribution in [0.4, 0.5) is 0 Å². The largest absolute Gasteiger partial charge is 0.0856 e. The van der Waals surface area contributed by atoms with E-state index in [2.05, 4.69) is 13.0 Å². The van der Waals surface area contributed by atoms with E-state index in [0.717, 1.165) is 5.41 Å². The van der Waals surface area contributed by atoms with E-state index in [1.165, 1.54) is 51.4 Å². The Labute approximate surface area is 90.8 Å². The third kappa shape index (κ3) is 2.87. The molecule has 0 unspecified atom stereocenters. The van der Waals surface area contributed by atoms with Gasteiger partial charge in [0, 0.05) is 0 Å². The highest BCUT2D eigenvalue weighted by Crippen LogP contribution is 2.47. The number of allylic oxidation sites excluding steroid dienone is 2. The molecule has 0 bridgehead atoms. The molecule has 0 aromatic heterocycles. The zero-order valence-corrected chi connectivity index (χ0v) is 8.23. The molecule has 0 aliphatic heterocycles. The number of hydrogen-bond acceptors (Lipinski definition) is 0. The van der Waals surface area contributed by atoms with Gasteiger partial charge in [-0.2, -0.15) is 0 Å². The zero-order valence-electron chi connectivity index (χ0n) is 8.23. The van der Waals surface area contributed by atoms with Crippen LogP contribution in [0.3, 0.4) is 0 Å². The Balaban J connectivity index is 0.000000845. The van der Waals surface area contributed by atoms with Crippen molar-refractivity contribution in [2.45, 2.75) is 73.1 Å². The van der Waals surface area contributed by atoms with Crippen molar-refractivity contribution in [2.24, 2.45) is 5.41 Å². The van der Waals surface area contributed by atoms with Crippen LogP contribution in [0, 0.1) is 5.41 Å². The van der Waals surface area contributed by atoms with Crippen molar-refractivity contribution in [1.29, 1.82) is 0 Å². The standard InChI is InChI=1S/C12H20.2CH4/c1-11-6-5-9-12(10-11)7-3-2-4-8-12;;/h6H,2-5,7-10H2,1H3;2*1H4. The Kier molecular flexibility index (Phi) is 5.48. The van der Waals surface area contributed by atoms with E-state index in [-0.39, 0.29) is 14.9 Å². The van der Waals surface area contributed by atoms with Crippen molar-refractivity contribution in [2.75, 3.05) is 0 Å². The second kappa shape index (κ2) is 5.58. The molecule has 1 fully saturated rings. The van der Waals surface area contributed by atoms with Crippen LogP contribution in [0.5, 0.6) is 0 Å². The molecule has 84 valence electrons. The van der Waals surface area contributed by atoms with Crippen LogP contribution in [-0.2, 0) is 0 Å². The Morgan fingerprint density at radius 1 is 1.00 bits per heavy atom. The molecule has 1 spiro atoms. The van der Waals surface area contributed by atoms with Crippen LogP contribution in [0.25, 0.3) is 0 Å². The van der Waals surface area contributed by atoms with E-state index in [1.54, 1.807) is 5.57 Å². The molecule has 0 nitrogen and oxygen atoms in total. The van der Waals surface area contributed by atoms with Gasteiger partial charge in [0.15, 0.2) is 0 Å². The van der Waals surface area contributed by atoms with Gasteiger partial charge in [0.25, 0.3) is 0 Å². The highest BCUT2D eigenvalue weighted by atomic mass is 14.4. The summed E-state index contributed by atoms with van der Waals surface area (Å²) in [6.45, 7) is 2.31. The van der Waals surface area contributed by atoms with Gasteiger partial charge in [-0.3, -0.25) is 0 Å². The molecule has 0 atom stereocenters. The molecule has 0 aromatic carbocycles. The lowest BCUT2D eigenvalue weighted by Gasteiger charge is -2.40. The fraction of sp³-hybridized carbons (Fsp3) is 0.857. The summed E-state index contributed by atoms with van der Waals surface area (Å²) in [4.78, 5) is 0. The third-order valence-electron chi connectivity index (χ3n) is 3.74. The summed E-state index contributed by atoms with van der Waals surface area (Å²) in [6.07, 6.45) is 14.2. The van der Waals surface area contributed by atoms with Crippen LogP contribution in [0.2, 0.25) is 0 Å². The van der Waals surface area contributed by atoms with Gasteiger partial charge in [0.1, 0.15) is 0 Å². The first kappa shape index (κ1) is 13.7. The minimum Gasteiger partial charge on any atom is -0.0856 e. The van der Waals surface area contributed by atoms with E-state index in [0.29, 0.717) is 0 Å². The quantitative estimate of drug-likeness (QED) is 0.459. The highest BCUT2D eigenvalue weighted by Gasteiger charge is 2.32. The summed E-state index contributed by atoms with van der Waals surface area (Å²) < 4.78 is 0. The molecule has 0 saturated heterocycles. The smallest absolute Gasteiger partial charge is 0.0257 e.